The lowest BCUT2D eigenvalue weighted by atomic mass is 10.00. The molecule has 16 heavy (non-hydrogen) atoms. The summed E-state index contributed by atoms with van der Waals surface area (Å²) in [6.45, 7) is 0. The van der Waals surface area contributed by atoms with Gasteiger partial charge >= 0.3 is 5.97 Å². The monoisotopic (exact) mass is 216 g/mol. The topological polar surface area (TPSA) is 26.3 Å². The van der Waals surface area contributed by atoms with Crippen molar-refractivity contribution in [2.24, 2.45) is 0 Å². The summed E-state index contributed by atoms with van der Waals surface area (Å²) in [5.74, 6) is -0.973. The molecule has 0 heterocycles. The molecular formula is C13H9FO2. The second-order valence-corrected chi connectivity index (χ2v) is 3.28. The number of halogens is 1. The zero-order chi connectivity index (χ0) is 11.4. The molecule has 0 radical (unpaired) electrons. The summed E-state index contributed by atoms with van der Waals surface area (Å²) in [6.07, 6.45) is 0. The molecule has 3 heteroatoms. The Kier molecular flexibility index (Phi) is 2.96. The molecule has 0 aliphatic heterocycles. The molecule has 0 aromatic heterocycles. The smallest absolute Gasteiger partial charge is 0.249 e. The summed E-state index contributed by atoms with van der Waals surface area (Å²) in [4.78, 5) is 14.5. The van der Waals surface area contributed by atoms with Crippen molar-refractivity contribution in [3.8, 4) is 11.1 Å². The molecule has 0 atom stereocenters. The number of hydrogen-bond donors (Lipinski definition) is 0. The van der Waals surface area contributed by atoms with Crippen molar-refractivity contribution in [1.82, 2.24) is 0 Å². The van der Waals surface area contributed by atoms with Gasteiger partial charge in [-0.15, -0.1) is 0 Å². The zero-order valence-corrected chi connectivity index (χ0v) is 8.39. The molecule has 0 saturated heterocycles. The Labute approximate surface area is 92.2 Å². The average molecular weight is 216 g/mol. The summed E-state index contributed by atoms with van der Waals surface area (Å²) in [6, 6.07) is 16.0. The van der Waals surface area contributed by atoms with Gasteiger partial charge < -0.3 is 0 Å². The quantitative estimate of drug-likeness (QED) is 0.769. The second kappa shape index (κ2) is 4.57. The molecule has 2 aromatic carbocycles. The predicted octanol–water partition coefficient (Wildman–Crippen LogP) is 3.39. The van der Waals surface area contributed by atoms with Crippen molar-refractivity contribution >= 4 is 5.97 Å². The van der Waals surface area contributed by atoms with Gasteiger partial charge in [-0.1, -0.05) is 48.5 Å². The maximum Gasteiger partial charge on any atom is 0.380 e. The minimum Gasteiger partial charge on any atom is -0.249 e. The van der Waals surface area contributed by atoms with Gasteiger partial charge in [-0.2, -0.15) is 0 Å². The maximum atomic E-state index is 11.9. The van der Waals surface area contributed by atoms with Gasteiger partial charge in [0, 0.05) is 4.53 Å². The van der Waals surface area contributed by atoms with E-state index in [-0.39, 0.29) is 5.56 Å². The van der Waals surface area contributed by atoms with Crippen LogP contribution >= 0.6 is 0 Å². The van der Waals surface area contributed by atoms with E-state index in [2.05, 4.69) is 4.94 Å². The minimum atomic E-state index is -0.973. The van der Waals surface area contributed by atoms with Crippen LogP contribution in [0, 0.1) is 0 Å². The largest absolute Gasteiger partial charge is 0.380 e. The Morgan fingerprint density at radius 1 is 0.938 bits per heavy atom. The first-order chi connectivity index (χ1) is 7.83. The Balaban J connectivity index is 2.53. The summed E-state index contributed by atoms with van der Waals surface area (Å²) in [5.41, 5.74) is 1.73. The highest BCUT2D eigenvalue weighted by Gasteiger charge is 2.13. The number of benzene rings is 2. The third kappa shape index (κ3) is 1.93. The van der Waals surface area contributed by atoms with Crippen LogP contribution in [0.15, 0.2) is 54.6 Å². The molecule has 0 saturated carbocycles. The van der Waals surface area contributed by atoms with Crippen molar-refractivity contribution in [3.63, 3.8) is 0 Å². The molecule has 0 aliphatic rings. The van der Waals surface area contributed by atoms with E-state index in [0.29, 0.717) is 5.56 Å². The third-order valence-corrected chi connectivity index (χ3v) is 2.30. The molecule has 0 bridgehead atoms. The van der Waals surface area contributed by atoms with Gasteiger partial charge in [-0.3, -0.25) is 0 Å². The van der Waals surface area contributed by atoms with Crippen molar-refractivity contribution in [2.45, 2.75) is 0 Å². The van der Waals surface area contributed by atoms with Crippen molar-refractivity contribution < 1.29 is 14.3 Å². The first kappa shape index (κ1) is 10.4. The summed E-state index contributed by atoms with van der Waals surface area (Å²) in [7, 11) is 0. The van der Waals surface area contributed by atoms with Crippen LogP contribution < -0.4 is 0 Å². The van der Waals surface area contributed by atoms with E-state index in [9.17, 15) is 9.32 Å². The Bertz CT molecular complexity index is 494. The second-order valence-electron chi connectivity index (χ2n) is 3.28. The van der Waals surface area contributed by atoms with Gasteiger partial charge in [0.1, 0.15) is 0 Å². The molecular weight excluding hydrogens is 207 g/mol. The molecule has 0 aliphatic carbocycles. The van der Waals surface area contributed by atoms with Gasteiger partial charge in [0.15, 0.2) is 0 Å². The highest BCUT2D eigenvalue weighted by Crippen LogP contribution is 2.23. The van der Waals surface area contributed by atoms with E-state index in [1.807, 2.05) is 30.3 Å². The fourth-order valence-electron chi connectivity index (χ4n) is 1.57. The molecule has 0 N–H and O–H groups in total. The van der Waals surface area contributed by atoms with Crippen molar-refractivity contribution in [2.75, 3.05) is 0 Å². The lowest BCUT2D eigenvalue weighted by Crippen LogP contribution is -2.00. The van der Waals surface area contributed by atoms with Crippen LogP contribution in [0.1, 0.15) is 10.4 Å². The number of rotatable bonds is 2. The molecule has 0 unspecified atom stereocenters. The third-order valence-electron chi connectivity index (χ3n) is 2.30. The van der Waals surface area contributed by atoms with Crippen LogP contribution in [0.5, 0.6) is 0 Å². The number of carbonyl (C=O) groups is 1. The minimum absolute atomic E-state index is 0.219. The Morgan fingerprint density at radius 2 is 1.56 bits per heavy atom. The molecule has 80 valence electrons. The first-order valence-electron chi connectivity index (χ1n) is 4.80. The molecule has 2 rings (SSSR count). The zero-order valence-electron chi connectivity index (χ0n) is 8.39. The number of hydrogen-bond acceptors (Lipinski definition) is 2. The molecule has 0 spiro atoms. The van der Waals surface area contributed by atoms with Crippen molar-refractivity contribution in [1.29, 1.82) is 0 Å². The predicted molar refractivity (Wildman–Crippen MR) is 58.4 cm³/mol. The van der Waals surface area contributed by atoms with Gasteiger partial charge in [0.05, 0.1) is 5.56 Å². The lowest BCUT2D eigenvalue weighted by molar-refractivity contribution is -0.0787. The van der Waals surface area contributed by atoms with E-state index in [1.54, 1.807) is 18.2 Å². The summed E-state index contributed by atoms with van der Waals surface area (Å²) < 4.78 is 11.9. The Morgan fingerprint density at radius 3 is 2.25 bits per heavy atom. The fourth-order valence-corrected chi connectivity index (χ4v) is 1.57. The van der Waals surface area contributed by atoms with Crippen LogP contribution in [0.25, 0.3) is 11.1 Å². The molecule has 0 fully saturated rings. The van der Waals surface area contributed by atoms with Crippen LogP contribution in [-0.4, -0.2) is 5.97 Å². The molecule has 2 nitrogen and oxygen atoms in total. The molecule has 2 aromatic rings. The van der Waals surface area contributed by atoms with Crippen LogP contribution in [0.2, 0.25) is 0 Å². The van der Waals surface area contributed by atoms with Crippen molar-refractivity contribution in [3.05, 3.63) is 60.2 Å². The van der Waals surface area contributed by atoms with E-state index < -0.39 is 5.97 Å². The highest BCUT2D eigenvalue weighted by molar-refractivity contribution is 5.96. The SMILES string of the molecule is O=C(OF)c1ccccc1-c1ccccc1. The normalized spacial score (nSPS) is 9.81. The number of carbonyl (C=O) groups excluding carboxylic acids is 1. The average Bonchev–Trinajstić information content (AvgIpc) is 2.39. The first-order valence-corrected chi connectivity index (χ1v) is 4.80. The van der Waals surface area contributed by atoms with Gasteiger partial charge in [-0.25, -0.2) is 9.74 Å². The maximum absolute atomic E-state index is 11.9. The van der Waals surface area contributed by atoms with E-state index in [4.69, 9.17) is 0 Å². The fraction of sp³-hybridized carbons (Fsp3) is 0. The Hall–Kier alpha value is -2.16. The lowest BCUT2D eigenvalue weighted by Gasteiger charge is -2.05. The van der Waals surface area contributed by atoms with Crippen LogP contribution in [0.4, 0.5) is 4.53 Å². The summed E-state index contributed by atoms with van der Waals surface area (Å²) >= 11 is 0. The van der Waals surface area contributed by atoms with Crippen LogP contribution in [-0.2, 0) is 4.94 Å². The van der Waals surface area contributed by atoms with Crippen LogP contribution in [0.3, 0.4) is 0 Å². The highest BCUT2D eigenvalue weighted by atomic mass is 19.3. The van der Waals surface area contributed by atoms with E-state index in [1.165, 1.54) is 6.07 Å². The van der Waals surface area contributed by atoms with Gasteiger partial charge in [-0.05, 0) is 17.2 Å². The standard InChI is InChI=1S/C13H9FO2/c14-16-13(15)12-9-5-4-8-11(12)10-6-2-1-3-7-10/h1-9H. The van der Waals surface area contributed by atoms with E-state index >= 15 is 0 Å². The van der Waals surface area contributed by atoms with E-state index in [0.717, 1.165) is 5.56 Å². The van der Waals surface area contributed by atoms with Gasteiger partial charge in [0.2, 0.25) is 0 Å². The van der Waals surface area contributed by atoms with Gasteiger partial charge in [0.25, 0.3) is 0 Å². The summed E-state index contributed by atoms with van der Waals surface area (Å²) in [5, 5.41) is 0. The molecule has 0 amide bonds.